The molecule has 27 heavy (non-hydrogen) atoms. The van der Waals surface area contributed by atoms with Crippen molar-refractivity contribution >= 4 is 40.9 Å². The maximum absolute atomic E-state index is 12.6. The lowest BCUT2D eigenvalue weighted by Gasteiger charge is -2.21. The second-order valence-electron chi connectivity index (χ2n) is 5.22. The molecule has 11 heteroatoms. The lowest BCUT2D eigenvalue weighted by Crippen LogP contribution is -2.40. The van der Waals surface area contributed by atoms with Gasteiger partial charge in [-0.3, -0.25) is 4.79 Å². The molecular formula is C16H12Cl2F3N3O3. The van der Waals surface area contributed by atoms with Crippen LogP contribution in [0.5, 0.6) is 0 Å². The van der Waals surface area contributed by atoms with E-state index in [-0.39, 0.29) is 27.5 Å². The molecule has 1 amide bonds. The van der Waals surface area contributed by atoms with Gasteiger partial charge in [-0.05, 0) is 35.4 Å². The molecule has 6 nitrogen and oxygen atoms in total. The number of hydroxylamine groups is 1. The molecule has 2 N–H and O–H groups in total. The number of carbonyl (C=O) groups excluding carboxylic acids is 2. The van der Waals surface area contributed by atoms with E-state index in [1.165, 1.54) is 36.5 Å². The summed E-state index contributed by atoms with van der Waals surface area (Å²) in [5.74, 6) is -3.86. The Balaban J connectivity index is 2.33. The van der Waals surface area contributed by atoms with Gasteiger partial charge in [-0.1, -0.05) is 29.3 Å². The van der Waals surface area contributed by atoms with Crippen molar-refractivity contribution < 1.29 is 27.6 Å². The van der Waals surface area contributed by atoms with Gasteiger partial charge >= 0.3 is 12.1 Å². The summed E-state index contributed by atoms with van der Waals surface area (Å²) in [5.41, 5.74) is 6.29. The Labute approximate surface area is 161 Å². The third-order valence-corrected chi connectivity index (χ3v) is 3.96. The van der Waals surface area contributed by atoms with Gasteiger partial charge in [0.2, 0.25) is 0 Å². The first-order valence-electron chi connectivity index (χ1n) is 7.33. The number of benzene rings is 1. The molecule has 1 aromatic carbocycles. The van der Waals surface area contributed by atoms with Gasteiger partial charge in [0.1, 0.15) is 0 Å². The summed E-state index contributed by atoms with van der Waals surface area (Å²) < 4.78 is 37.7. The van der Waals surface area contributed by atoms with Crippen LogP contribution in [0.15, 0.2) is 36.5 Å². The molecular weight excluding hydrogens is 410 g/mol. The van der Waals surface area contributed by atoms with Crippen LogP contribution in [0.2, 0.25) is 10.0 Å². The van der Waals surface area contributed by atoms with Crippen LogP contribution in [0.25, 0.3) is 0 Å². The van der Waals surface area contributed by atoms with Gasteiger partial charge < -0.3 is 10.6 Å². The van der Waals surface area contributed by atoms with Crippen molar-refractivity contribution in [3.63, 3.8) is 0 Å². The van der Waals surface area contributed by atoms with Crippen LogP contribution < -0.4 is 10.8 Å². The highest BCUT2D eigenvalue weighted by Crippen LogP contribution is 2.25. The summed E-state index contributed by atoms with van der Waals surface area (Å²) in [6.45, 7) is 0.0392. The standard InChI is InChI=1S/C16H12Cl2F3N3O3/c17-11-2-1-9(5-12(11)18)7-14(25)24(27-15(26)16(19,20)21)13-6-10(8-22)3-4-23-13/h1-6H,7-8,22H2. The minimum Gasteiger partial charge on any atom is -0.326 e. The Morgan fingerprint density at radius 3 is 2.41 bits per heavy atom. The molecule has 2 aromatic rings. The zero-order valence-corrected chi connectivity index (χ0v) is 15.0. The van der Waals surface area contributed by atoms with E-state index in [2.05, 4.69) is 9.82 Å². The van der Waals surface area contributed by atoms with Gasteiger partial charge in [0, 0.05) is 12.7 Å². The zero-order chi connectivity index (χ0) is 20.2. The van der Waals surface area contributed by atoms with Gasteiger partial charge in [-0.25, -0.2) is 9.78 Å². The third-order valence-electron chi connectivity index (χ3n) is 3.23. The van der Waals surface area contributed by atoms with E-state index in [4.69, 9.17) is 28.9 Å². The Morgan fingerprint density at radius 2 is 1.81 bits per heavy atom. The van der Waals surface area contributed by atoms with Crippen LogP contribution in [0.3, 0.4) is 0 Å². The van der Waals surface area contributed by atoms with E-state index < -0.39 is 24.5 Å². The number of hydrogen-bond donors (Lipinski definition) is 1. The van der Waals surface area contributed by atoms with Crippen LogP contribution in [0.1, 0.15) is 11.1 Å². The first-order chi connectivity index (χ1) is 12.6. The van der Waals surface area contributed by atoms with Gasteiger partial charge in [-0.15, -0.1) is 5.06 Å². The van der Waals surface area contributed by atoms with Gasteiger partial charge in [-0.2, -0.15) is 13.2 Å². The molecule has 0 atom stereocenters. The number of aromatic nitrogens is 1. The normalized spacial score (nSPS) is 11.2. The van der Waals surface area contributed by atoms with Gasteiger partial charge in [0.05, 0.1) is 16.5 Å². The van der Waals surface area contributed by atoms with E-state index in [9.17, 15) is 22.8 Å². The lowest BCUT2D eigenvalue weighted by molar-refractivity contribution is -0.201. The minimum atomic E-state index is -5.30. The Bertz CT molecular complexity index is 862. The van der Waals surface area contributed by atoms with Crippen molar-refractivity contribution in [2.75, 3.05) is 5.06 Å². The predicted octanol–water partition coefficient (Wildman–Crippen LogP) is 3.44. The second kappa shape index (κ2) is 8.55. The molecule has 0 aliphatic heterocycles. The molecule has 0 bridgehead atoms. The smallest absolute Gasteiger partial charge is 0.326 e. The monoisotopic (exact) mass is 421 g/mol. The van der Waals surface area contributed by atoms with E-state index in [0.717, 1.165) is 0 Å². The van der Waals surface area contributed by atoms with Crippen LogP contribution in [0.4, 0.5) is 19.0 Å². The van der Waals surface area contributed by atoms with E-state index in [1.807, 2.05) is 0 Å². The summed E-state index contributed by atoms with van der Waals surface area (Å²) in [6, 6.07) is 6.98. The van der Waals surface area contributed by atoms with Gasteiger partial charge in [0.25, 0.3) is 5.91 Å². The number of amides is 1. The second-order valence-corrected chi connectivity index (χ2v) is 6.03. The largest absolute Gasteiger partial charge is 0.493 e. The Kier molecular flexibility index (Phi) is 6.63. The maximum Gasteiger partial charge on any atom is 0.493 e. The van der Waals surface area contributed by atoms with Crippen molar-refractivity contribution in [2.45, 2.75) is 19.1 Å². The number of nitrogens with two attached hydrogens (primary N) is 1. The molecule has 144 valence electrons. The highest BCUT2D eigenvalue weighted by Gasteiger charge is 2.44. The predicted molar refractivity (Wildman–Crippen MR) is 91.9 cm³/mol. The van der Waals surface area contributed by atoms with Crippen LogP contribution in [-0.4, -0.2) is 23.0 Å². The summed E-state index contributed by atoms with van der Waals surface area (Å²) in [5, 5.41) is 0.576. The molecule has 0 aliphatic rings. The van der Waals surface area contributed by atoms with Gasteiger partial charge in [0.15, 0.2) is 5.82 Å². The molecule has 0 fully saturated rings. The fourth-order valence-corrected chi connectivity index (χ4v) is 2.28. The molecule has 0 aliphatic carbocycles. The van der Waals surface area contributed by atoms with Crippen molar-refractivity contribution in [3.05, 3.63) is 57.7 Å². The number of hydrogen-bond acceptors (Lipinski definition) is 5. The topological polar surface area (TPSA) is 85.5 Å². The molecule has 0 saturated heterocycles. The Hall–Kier alpha value is -2.36. The number of carbonyl (C=O) groups is 2. The number of rotatable bonds is 4. The average Bonchev–Trinajstić information content (AvgIpc) is 2.61. The van der Waals surface area contributed by atoms with Crippen LogP contribution in [0, 0.1) is 0 Å². The van der Waals surface area contributed by atoms with Crippen molar-refractivity contribution in [1.29, 1.82) is 0 Å². The Morgan fingerprint density at radius 1 is 1.11 bits per heavy atom. The molecule has 1 heterocycles. The highest BCUT2D eigenvalue weighted by atomic mass is 35.5. The van der Waals surface area contributed by atoms with E-state index in [1.54, 1.807) is 0 Å². The molecule has 0 saturated carbocycles. The van der Waals surface area contributed by atoms with Crippen LogP contribution in [-0.2, 0) is 27.4 Å². The van der Waals surface area contributed by atoms with E-state index >= 15 is 0 Å². The fourth-order valence-electron chi connectivity index (χ4n) is 1.95. The van der Waals surface area contributed by atoms with Crippen LogP contribution >= 0.6 is 23.2 Å². The highest BCUT2D eigenvalue weighted by molar-refractivity contribution is 6.42. The van der Waals surface area contributed by atoms with E-state index in [0.29, 0.717) is 11.1 Å². The third kappa shape index (κ3) is 5.56. The number of pyridine rings is 1. The zero-order valence-electron chi connectivity index (χ0n) is 13.5. The minimum absolute atomic E-state index is 0.0392. The fraction of sp³-hybridized carbons (Fsp3) is 0.188. The number of alkyl halides is 3. The summed E-state index contributed by atoms with van der Waals surface area (Å²) in [7, 11) is 0. The molecule has 2 rings (SSSR count). The molecule has 1 aromatic heterocycles. The number of halogens is 5. The summed E-state index contributed by atoms with van der Waals surface area (Å²) in [4.78, 5) is 31.8. The quantitative estimate of drug-likeness (QED) is 0.764. The van der Waals surface area contributed by atoms with Crippen molar-refractivity contribution in [2.24, 2.45) is 5.73 Å². The number of nitrogens with zero attached hydrogens (tertiary/aromatic N) is 2. The molecule has 0 spiro atoms. The summed E-state index contributed by atoms with van der Waals surface area (Å²) >= 11 is 11.6. The first kappa shape index (κ1) is 20.9. The lowest BCUT2D eigenvalue weighted by atomic mass is 10.1. The maximum atomic E-state index is 12.6. The summed E-state index contributed by atoms with van der Waals surface area (Å²) in [6.07, 6.45) is -4.50. The van der Waals surface area contributed by atoms with Crippen molar-refractivity contribution in [3.8, 4) is 0 Å². The first-order valence-corrected chi connectivity index (χ1v) is 8.08. The van der Waals surface area contributed by atoms with Crippen molar-refractivity contribution in [1.82, 2.24) is 4.98 Å². The molecule has 0 unspecified atom stereocenters. The SMILES string of the molecule is NCc1ccnc(N(OC(=O)C(F)(F)F)C(=O)Cc2ccc(Cl)c(Cl)c2)c1. The molecule has 0 radical (unpaired) electrons. The number of anilines is 1. The average molecular weight is 422 g/mol.